The Labute approximate surface area is 73.0 Å². The van der Waals surface area contributed by atoms with E-state index in [0.29, 0.717) is 0 Å². The summed E-state index contributed by atoms with van der Waals surface area (Å²) in [5.74, 6) is 0. The van der Waals surface area contributed by atoms with Gasteiger partial charge >= 0.3 is 0 Å². The van der Waals surface area contributed by atoms with Crippen LogP contribution in [0, 0.1) is 6.92 Å². The zero-order chi connectivity index (χ0) is 9.30. The third kappa shape index (κ3) is 1.58. The van der Waals surface area contributed by atoms with Crippen molar-refractivity contribution in [3.05, 3.63) is 11.4 Å². The van der Waals surface area contributed by atoms with Gasteiger partial charge in [0.1, 0.15) is 0 Å². The van der Waals surface area contributed by atoms with Gasteiger partial charge in [0, 0.05) is 13.6 Å². The van der Waals surface area contributed by atoms with E-state index < -0.39 is 0 Å². The molecule has 1 aromatic heterocycles. The van der Waals surface area contributed by atoms with Crippen molar-refractivity contribution in [1.29, 1.82) is 0 Å². The predicted molar refractivity (Wildman–Crippen MR) is 49.7 cm³/mol. The lowest BCUT2D eigenvalue weighted by Gasteiger charge is -2.06. The van der Waals surface area contributed by atoms with Crippen LogP contribution < -0.4 is 5.73 Å². The van der Waals surface area contributed by atoms with Gasteiger partial charge in [-0.25, -0.2) is 0 Å². The van der Waals surface area contributed by atoms with Gasteiger partial charge in [0.2, 0.25) is 0 Å². The maximum atomic E-state index is 5.84. The van der Waals surface area contributed by atoms with E-state index >= 15 is 0 Å². The highest BCUT2D eigenvalue weighted by atomic mass is 15.3. The van der Waals surface area contributed by atoms with Crippen LogP contribution in [0.15, 0.2) is 0 Å². The summed E-state index contributed by atoms with van der Waals surface area (Å²) in [6.45, 7) is 2.77. The van der Waals surface area contributed by atoms with E-state index in [2.05, 4.69) is 10.00 Å². The van der Waals surface area contributed by atoms with Crippen LogP contribution in [-0.2, 0) is 13.6 Å². The van der Waals surface area contributed by atoms with E-state index in [1.54, 1.807) is 0 Å². The minimum absolute atomic E-state index is 0.799. The number of aromatic nitrogens is 2. The van der Waals surface area contributed by atoms with Crippen LogP contribution in [0.1, 0.15) is 11.4 Å². The predicted octanol–water partition coefficient (Wildman–Crippen LogP) is 0.372. The van der Waals surface area contributed by atoms with Crippen molar-refractivity contribution in [1.82, 2.24) is 14.7 Å². The Morgan fingerprint density at radius 1 is 1.50 bits per heavy atom. The van der Waals surface area contributed by atoms with Crippen molar-refractivity contribution in [2.45, 2.75) is 13.5 Å². The lowest BCUT2D eigenvalue weighted by molar-refractivity contribution is 0.395. The molecule has 2 N–H and O–H groups in total. The molecule has 0 unspecified atom stereocenters. The molecule has 0 aliphatic carbocycles. The van der Waals surface area contributed by atoms with Gasteiger partial charge in [-0.15, -0.1) is 0 Å². The molecular weight excluding hydrogens is 152 g/mol. The Hall–Kier alpha value is -1.03. The van der Waals surface area contributed by atoms with Gasteiger partial charge in [-0.3, -0.25) is 4.68 Å². The molecule has 0 radical (unpaired) electrons. The first-order valence-corrected chi connectivity index (χ1v) is 3.95. The fourth-order valence-corrected chi connectivity index (χ4v) is 1.11. The van der Waals surface area contributed by atoms with Gasteiger partial charge in [0.25, 0.3) is 0 Å². The number of hydrogen-bond donors (Lipinski definition) is 1. The Kier molecular flexibility index (Phi) is 2.38. The van der Waals surface area contributed by atoms with E-state index in [-0.39, 0.29) is 0 Å². The van der Waals surface area contributed by atoms with Gasteiger partial charge in [-0.05, 0) is 21.0 Å². The third-order valence-corrected chi connectivity index (χ3v) is 1.92. The number of hydrogen-bond acceptors (Lipinski definition) is 3. The van der Waals surface area contributed by atoms with Crippen LogP contribution in [-0.4, -0.2) is 28.8 Å². The minimum atomic E-state index is 0.799. The molecule has 4 heteroatoms. The van der Waals surface area contributed by atoms with Gasteiger partial charge in [-0.2, -0.15) is 5.10 Å². The molecule has 1 heterocycles. The second kappa shape index (κ2) is 3.15. The van der Waals surface area contributed by atoms with E-state index in [9.17, 15) is 0 Å². The molecule has 4 nitrogen and oxygen atoms in total. The van der Waals surface area contributed by atoms with E-state index in [4.69, 9.17) is 5.73 Å². The quantitative estimate of drug-likeness (QED) is 0.694. The Bertz CT molecular complexity index is 275. The Morgan fingerprint density at radius 3 is 2.42 bits per heavy atom. The first-order valence-electron chi connectivity index (χ1n) is 3.95. The summed E-state index contributed by atoms with van der Waals surface area (Å²) in [6, 6.07) is 0. The number of rotatable bonds is 2. The summed E-state index contributed by atoms with van der Waals surface area (Å²) in [5, 5.41) is 4.30. The lowest BCUT2D eigenvalue weighted by Crippen LogP contribution is -2.12. The monoisotopic (exact) mass is 168 g/mol. The summed E-state index contributed by atoms with van der Waals surface area (Å²) < 4.78 is 1.81. The van der Waals surface area contributed by atoms with Gasteiger partial charge in [-0.1, -0.05) is 0 Å². The molecule has 0 aliphatic heterocycles. The zero-order valence-corrected chi connectivity index (χ0v) is 8.13. The average Bonchev–Trinajstić information content (AvgIpc) is 2.17. The molecule has 0 aromatic carbocycles. The zero-order valence-electron chi connectivity index (χ0n) is 8.13. The number of aryl methyl sites for hydroxylation is 1. The van der Waals surface area contributed by atoms with Gasteiger partial charge in [0.15, 0.2) is 0 Å². The summed E-state index contributed by atoms with van der Waals surface area (Å²) in [4.78, 5) is 2.05. The minimum Gasteiger partial charge on any atom is -0.396 e. The molecule has 1 rings (SSSR count). The molecule has 1 aromatic rings. The van der Waals surface area contributed by atoms with Crippen LogP contribution in [0.2, 0.25) is 0 Å². The molecule has 0 amide bonds. The summed E-state index contributed by atoms with van der Waals surface area (Å²) in [5.41, 5.74) is 8.65. The van der Waals surface area contributed by atoms with Crippen molar-refractivity contribution in [3.8, 4) is 0 Å². The topological polar surface area (TPSA) is 47.1 Å². The van der Waals surface area contributed by atoms with Crippen molar-refractivity contribution in [2.75, 3.05) is 19.8 Å². The van der Waals surface area contributed by atoms with Crippen molar-refractivity contribution in [3.63, 3.8) is 0 Å². The van der Waals surface area contributed by atoms with E-state index in [1.165, 1.54) is 0 Å². The molecule has 0 bridgehead atoms. The molecule has 0 spiro atoms. The first kappa shape index (κ1) is 9.06. The van der Waals surface area contributed by atoms with E-state index in [0.717, 1.165) is 23.6 Å². The third-order valence-electron chi connectivity index (χ3n) is 1.92. The molecule has 68 valence electrons. The summed E-state index contributed by atoms with van der Waals surface area (Å²) in [6.07, 6.45) is 0. The normalized spacial score (nSPS) is 11.1. The second-order valence-electron chi connectivity index (χ2n) is 3.31. The van der Waals surface area contributed by atoms with Gasteiger partial charge in [0.05, 0.1) is 17.1 Å². The van der Waals surface area contributed by atoms with Crippen molar-refractivity contribution in [2.24, 2.45) is 7.05 Å². The van der Waals surface area contributed by atoms with E-state index in [1.807, 2.05) is 32.7 Å². The number of nitrogens with zero attached hydrogens (tertiary/aromatic N) is 3. The summed E-state index contributed by atoms with van der Waals surface area (Å²) in [7, 11) is 5.91. The van der Waals surface area contributed by atoms with Crippen LogP contribution in [0.3, 0.4) is 0 Å². The largest absolute Gasteiger partial charge is 0.396 e. The molecule has 0 aliphatic rings. The SMILES string of the molecule is Cc1c(N)c(CN(C)C)nn1C. The smallest absolute Gasteiger partial charge is 0.0996 e. The highest BCUT2D eigenvalue weighted by molar-refractivity contribution is 5.47. The fourth-order valence-electron chi connectivity index (χ4n) is 1.11. The molecule has 0 atom stereocenters. The number of nitrogens with two attached hydrogens (primary N) is 1. The highest BCUT2D eigenvalue weighted by Crippen LogP contribution is 2.15. The average molecular weight is 168 g/mol. The molecule has 0 fully saturated rings. The Morgan fingerprint density at radius 2 is 2.08 bits per heavy atom. The van der Waals surface area contributed by atoms with Crippen LogP contribution in [0.5, 0.6) is 0 Å². The van der Waals surface area contributed by atoms with Crippen LogP contribution >= 0.6 is 0 Å². The second-order valence-corrected chi connectivity index (χ2v) is 3.31. The standard InChI is InChI=1S/C8H16N4/c1-6-8(9)7(5-11(2)3)10-12(6)4/h5,9H2,1-4H3. The lowest BCUT2D eigenvalue weighted by atomic mass is 10.3. The summed E-state index contributed by atoms with van der Waals surface area (Å²) >= 11 is 0. The van der Waals surface area contributed by atoms with Crippen molar-refractivity contribution < 1.29 is 0 Å². The maximum absolute atomic E-state index is 5.84. The van der Waals surface area contributed by atoms with Crippen LogP contribution in [0.25, 0.3) is 0 Å². The van der Waals surface area contributed by atoms with Crippen molar-refractivity contribution >= 4 is 5.69 Å². The molecular formula is C8H16N4. The molecule has 12 heavy (non-hydrogen) atoms. The number of anilines is 1. The molecule has 0 saturated carbocycles. The number of nitrogen functional groups attached to an aromatic ring is 1. The fraction of sp³-hybridized carbons (Fsp3) is 0.625. The maximum Gasteiger partial charge on any atom is 0.0996 e. The molecule has 0 saturated heterocycles. The van der Waals surface area contributed by atoms with Crippen LogP contribution in [0.4, 0.5) is 5.69 Å². The highest BCUT2D eigenvalue weighted by Gasteiger charge is 2.09. The van der Waals surface area contributed by atoms with Gasteiger partial charge < -0.3 is 10.6 Å². The Balaban J connectivity index is 2.93. The first-order chi connectivity index (χ1) is 5.52.